The van der Waals surface area contributed by atoms with Gasteiger partial charge in [0.25, 0.3) is 0 Å². The van der Waals surface area contributed by atoms with Gasteiger partial charge in [-0.25, -0.2) is 9.59 Å². The van der Waals surface area contributed by atoms with E-state index in [4.69, 9.17) is 9.47 Å². The number of hydrogen-bond donors (Lipinski definition) is 0. The second kappa shape index (κ2) is 9.87. The predicted octanol–water partition coefficient (Wildman–Crippen LogP) is 4.43. The molecule has 0 bridgehead atoms. The van der Waals surface area contributed by atoms with E-state index in [1.54, 1.807) is 23.2 Å². The lowest BCUT2D eigenvalue weighted by atomic mass is 9.94. The van der Waals surface area contributed by atoms with E-state index < -0.39 is 12.1 Å². The summed E-state index contributed by atoms with van der Waals surface area (Å²) in [5.74, 6) is -0.407. The molecule has 0 spiro atoms. The molecule has 0 N–H and O–H groups in total. The Bertz CT molecular complexity index is 1100. The summed E-state index contributed by atoms with van der Waals surface area (Å²) in [5, 5.41) is 8.18. The van der Waals surface area contributed by atoms with Gasteiger partial charge in [-0.05, 0) is 47.4 Å². The van der Waals surface area contributed by atoms with Crippen molar-refractivity contribution in [2.75, 3.05) is 13.7 Å². The van der Waals surface area contributed by atoms with Crippen molar-refractivity contribution in [2.45, 2.75) is 19.1 Å². The van der Waals surface area contributed by atoms with Crippen LogP contribution in [0.25, 0.3) is 5.57 Å². The molecule has 3 aromatic rings. The zero-order valence-corrected chi connectivity index (χ0v) is 17.7. The molecule has 162 valence electrons. The number of carbonyl (C=O) groups is 2. The number of carbonyl (C=O) groups excluding carboxylic acids is 2. The summed E-state index contributed by atoms with van der Waals surface area (Å²) in [4.78, 5) is 26.5. The van der Waals surface area contributed by atoms with E-state index >= 15 is 0 Å². The van der Waals surface area contributed by atoms with E-state index in [1.807, 2.05) is 60.7 Å². The van der Waals surface area contributed by atoms with E-state index in [-0.39, 0.29) is 12.6 Å². The molecular weight excluding hydrogens is 406 g/mol. The Morgan fingerprint density at radius 3 is 2.50 bits per heavy atom. The van der Waals surface area contributed by atoms with E-state index in [1.165, 1.54) is 7.11 Å². The Morgan fingerprint density at radius 2 is 1.81 bits per heavy atom. The van der Waals surface area contributed by atoms with Crippen LogP contribution in [0.1, 0.15) is 39.6 Å². The van der Waals surface area contributed by atoms with E-state index in [0.717, 1.165) is 22.4 Å². The fourth-order valence-electron chi connectivity index (χ4n) is 3.65. The van der Waals surface area contributed by atoms with Crippen LogP contribution < -0.4 is 0 Å². The Balaban J connectivity index is 1.60. The molecule has 32 heavy (non-hydrogen) atoms. The first-order valence-corrected chi connectivity index (χ1v) is 10.3. The van der Waals surface area contributed by atoms with Crippen molar-refractivity contribution >= 4 is 17.6 Å². The van der Waals surface area contributed by atoms with Crippen molar-refractivity contribution < 1.29 is 19.1 Å². The number of nitrogens with zero attached hydrogens (tertiary/aromatic N) is 3. The average Bonchev–Trinajstić information content (AvgIpc) is 2.87. The Labute approximate surface area is 186 Å². The molecule has 0 fully saturated rings. The van der Waals surface area contributed by atoms with Crippen molar-refractivity contribution in [1.29, 1.82) is 0 Å². The van der Waals surface area contributed by atoms with Gasteiger partial charge in [0.05, 0.1) is 24.4 Å². The standard InChI is InChI=1S/C25H23N3O4/c1-31-24(29)20-11-9-19(10-12-20)23-16-21(22-8-5-14-26-27-22)13-15-28(23)25(30)32-17-18-6-3-2-4-7-18/h2-12,14,16,23H,13,15,17H2,1H3/t23-/m0/s1. The summed E-state index contributed by atoms with van der Waals surface area (Å²) in [5.41, 5.74) is 4.01. The zero-order chi connectivity index (χ0) is 22.3. The Kier molecular flexibility index (Phi) is 6.55. The van der Waals surface area contributed by atoms with Crippen molar-refractivity contribution in [2.24, 2.45) is 0 Å². The highest BCUT2D eigenvalue weighted by molar-refractivity contribution is 5.89. The molecular formula is C25H23N3O4. The molecule has 0 radical (unpaired) electrons. The predicted molar refractivity (Wildman–Crippen MR) is 118 cm³/mol. The molecule has 1 atom stereocenters. The summed E-state index contributed by atoms with van der Waals surface area (Å²) in [6, 6.07) is 20.0. The first kappa shape index (κ1) is 21.2. The van der Waals surface area contributed by atoms with Crippen LogP contribution in [0.15, 0.2) is 79.0 Å². The van der Waals surface area contributed by atoms with Crippen LogP contribution in [0.4, 0.5) is 4.79 Å². The van der Waals surface area contributed by atoms with Crippen molar-refractivity contribution in [3.05, 3.63) is 101 Å². The molecule has 0 saturated heterocycles. The quantitative estimate of drug-likeness (QED) is 0.558. The highest BCUT2D eigenvalue weighted by Crippen LogP contribution is 2.33. The van der Waals surface area contributed by atoms with E-state index in [9.17, 15) is 9.59 Å². The minimum Gasteiger partial charge on any atom is -0.465 e. The number of rotatable bonds is 5. The summed E-state index contributed by atoms with van der Waals surface area (Å²) in [6.07, 6.45) is 3.87. The molecule has 1 amide bonds. The number of esters is 1. The summed E-state index contributed by atoms with van der Waals surface area (Å²) < 4.78 is 10.4. The van der Waals surface area contributed by atoms with Crippen LogP contribution in [0.5, 0.6) is 0 Å². The van der Waals surface area contributed by atoms with Gasteiger partial charge in [0.15, 0.2) is 0 Å². The lowest BCUT2D eigenvalue weighted by Crippen LogP contribution is -2.37. The molecule has 7 heteroatoms. The number of ether oxygens (including phenoxy) is 2. The second-order valence-electron chi connectivity index (χ2n) is 7.34. The lowest BCUT2D eigenvalue weighted by Gasteiger charge is -2.34. The largest absolute Gasteiger partial charge is 0.465 e. The van der Waals surface area contributed by atoms with Gasteiger partial charge in [-0.15, -0.1) is 0 Å². The third kappa shape index (κ3) is 4.83. The lowest BCUT2D eigenvalue weighted by molar-refractivity contribution is 0.0600. The smallest absolute Gasteiger partial charge is 0.410 e. The maximum atomic E-state index is 13.0. The summed E-state index contributed by atoms with van der Waals surface area (Å²) in [6.45, 7) is 0.671. The molecule has 0 unspecified atom stereocenters. The number of methoxy groups -OCH3 is 1. The van der Waals surface area contributed by atoms with E-state index in [2.05, 4.69) is 10.2 Å². The van der Waals surface area contributed by atoms with Gasteiger partial charge >= 0.3 is 12.1 Å². The van der Waals surface area contributed by atoms with Crippen molar-refractivity contribution in [1.82, 2.24) is 15.1 Å². The zero-order valence-electron chi connectivity index (χ0n) is 17.7. The van der Waals surface area contributed by atoms with Crippen LogP contribution >= 0.6 is 0 Å². The van der Waals surface area contributed by atoms with Gasteiger partial charge in [-0.2, -0.15) is 10.2 Å². The summed E-state index contributed by atoms with van der Waals surface area (Å²) >= 11 is 0. The Hall–Kier alpha value is -4.00. The van der Waals surface area contributed by atoms with Crippen molar-refractivity contribution in [3.8, 4) is 0 Å². The van der Waals surface area contributed by atoms with Crippen LogP contribution in [-0.4, -0.2) is 40.8 Å². The third-order valence-corrected chi connectivity index (χ3v) is 5.33. The average molecular weight is 429 g/mol. The highest BCUT2D eigenvalue weighted by atomic mass is 16.6. The molecule has 1 aliphatic heterocycles. The fraction of sp³-hybridized carbons (Fsp3) is 0.200. The minimum absolute atomic E-state index is 0.199. The molecule has 2 aromatic carbocycles. The van der Waals surface area contributed by atoms with Crippen LogP contribution in [0.2, 0.25) is 0 Å². The topological polar surface area (TPSA) is 81.6 Å². The van der Waals surface area contributed by atoms with E-state index in [0.29, 0.717) is 18.5 Å². The van der Waals surface area contributed by atoms with Crippen LogP contribution in [-0.2, 0) is 16.1 Å². The first-order valence-electron chi connectivity index (χ1n) is 10.3. The van der Waals surface area contributed by atoms with Crippen LogP contribution in [0.3, 0.4) is 0 Å². The maximum absolute atomic E-state index is 13.0. The number of hydrogen-bond acceptors (Lipinski definition) is 6. The highest BCUT2D eigenvalue weighted by Gasteiger charge is 2.30. The van der Waals surface area contributed by atoms with Crippen molar-refractivity contribution in [3.63, 3.8) is 0 Å². The monoisotopic (exact) mass is 429 g/mol. The molecule has 4 rings (SSSR count). The molecule has 0 saturated carbocycles. The van der Waals surface area contributed by atoms with Gasteiger partial charge in [-0.3, -0.25) is 4.90 Å². The normalized spacial score (nSPS) is 15.6. The third-order valence-electron chi connectivity index (χ3n) is 5.33. The molecule has 7 nitrogen and oxygen atoms in total. The molecule has 1 aliphatic rings. The van der Waals surface area contributed by atoms with Gasteiger partial charge < -0.3 is 9.47 Å². The molecule has 1 aromatic heterocycles. The van der Waals surface area contributed by atoms with Crippen LogP contribution in [0, 0.1) is 0 Å². The number of amides is 1. The summed E-state index contributed by atoms with van der Waals surface area (Å²) in [7, 11) is 1.35. The Morgan fingerprint density at radius 1 is 1.03 bits per heavy atom. The van der Waals surface area contributed by atoms with Gasteiger partial charge in [0.1, 0.15) is 6.61 Å². The first-order chi connectivity index (χ1) is 15.7. The molecule has 0 aliphatic carbocycles. The number of aromatic nitrogens is 2. The fourth-order valence-corrected chi connectivity index (χ4v) is 3.65. The maximum Gasteiger partial charge on any atom is 0.410 e. The SMILES string of the molecule is COC(=O)c1ccc([C@@H]2C=C(c3cccnn3)CCN2C(=O)OCc2ccccc2)cc1. The van der Waals surface area contributed by atoms with Gasteiger partial charge in [0, 0.05) is 12.7 Å². The van der Waals surface area contributed by atoms with Gasteiger partial charge in [0.2, 0.25) is 0 Å². The number of benzene rings is 2. The van der Waals surface area contributed by atoms with Gasteiger partial charge in [-0.1, -0.05) is 48.5 Å². The second-order valence-corrected chi connectivity index (χ2v) is 7.34. The molecule has 2 heterocycles. The minimum atomic E-state index is -0.407.